The van der Waals surface area contributed by atoms with Crippen molar-refractivity contribution in [2.45, 2.75) is 32.3 Å². The predicted octanol–water partition coefficient (Wildman–Crippen LogP) is 1.39. The second kappa shape index (κ2) is 9.85. The van der Waals surface area contributed by atoms with Gasteiger partial charge in [0, 0.05) is 19.2 Å². The van der Waals surface area contributed by atoms with Gasteiger partial charge in [0.25, 0.3) is 0 Å². The van der Waals surface area contributed by atoms with Crippen LogP contribution in [0.1, 0.15) is 26.2 Å². The van der Waals surface area contributed by atoms with Crippen LogP contribution in [0, 0.1) is 0 Å². The number of amides is 1. The molecule has 1 fully saturated rings. The van der Waals surface area contributed by atoms with Crippen molar-refractivity contribution in [3.63, 3.8) is 0 Å². The number of ether oxygens (including phenoxy) is 1. The average molecular weight is 252 g/mol. The highest BCUT2D eigenvalue weighted by Crippen LogP contribution is 2.06. The summed E-state index contributed by atoms with van der Waals surface area (Å²) in [6, 6.07) is 0. The Morgan fingerprint density at radius 2 is 2.17 bits per heavy atom. The molecule has 1 aliphatic rings. The normalized spacial score (nSPS) is 17.6. The quantitative estimate of drug-likeness (QED) is 0.409. The van der Waals surface area contributed by atoms with E-state index in [-0.39, 0.29) is 5.91 Å². The minimum atomic E-state index is -0.0463. The topological polar surface area (TPSA) is 50.4 Å². The Balaban J connectivity index is 1.96. The van der Waals surface area contributed by atoms with Crippen LogP contribution in [-0.4, -0.2) is 38.3 Å². The fraction of sp³-hybridized carbons (Fsp3) is 0.643. The number of carbonyl (C=O) groups is 1. The maximum atomic E-state index is 11.3. The van der Waals surface area contributed by atoms with Crippen molar-refractivity contribution >= 4 is 5.91 Å². The zero-order valence-electron chi connectivity index (χ0n) is 11.2. The first kappa shape index (κ1) is 14.9. The molecule has 4 heteroatoms. The number of allylic oxidation sites excluding steroid dienone is 3. The standard InChI is InChI=1S/C14H24N2O2/c1-2-3-4-6-14(17)16-9-5-12-18-13-7-10-15-11-8-13/h2-4,6,13,15H,5,7-12H2,1H3,(H,16,17). The van der Waals surface area contributed by atoms with Crippen LogP contribution in [0.2, 0.25) is 0 Å². The van der Waals surface area contributed by atoms with E-state index in [1.807, 2.05) is 19.1 Å². The lowest BCUT2D eigenvalue weighted by Gasteiger charge is -2.22. The van der Waals surface area contributed by atoms with E-state index in [1.54, 1.807) is 6.08 Å². The molecule has 0 atom stereocenters. The number of hydrogen-bond donors (Lipinski definition) is 2. The molecule has 0 aromatic rings. The Kier molecular flexibility index (Phi) is 8.17. The molecule has 18 heavy (non-hydrogen) atoms. The van der Waals surface area contributed by atoms with Crippen LogP contribution in [0.5, 0.6) is 0 Å². The van der Waals surface area contributed by atoms with Gasteiger partial charge in [-0.05, 0) is 39.3 Å². The van der Waals surface area contributed by atoms with Crippen molar-refractivity contribution in [3.05, 3.63) is 24.3 Å². The third kappa shape index (κ3) is 7.25. The van der Waals surface area contributed by atoms with Gasteiger partial charge in [0.1, 0.15) is 0 Å². The lowest BCUT2D eigenvalue weighted by atomic mass is 10.1. The molecule has 0 spiro atoms. The molecule has 0 aromatic carbocycles. The highest BCUT2D eigenvalue weighted by atomic mass is 16.5. The van der Waals surface area contributed by atoms with Gasteiger partial charge in [-0.15, -0.1) is 0 Å². The fourth-order valence-electron chi connectivity index (χ4n) is 1.81. The van der Waals surface area contributed by atoms with Crippen molar-refractivity contribution in [1.29, 1.82) is 0 Å². The van der Waals surface area contributed by atoms with E-state index in [0.29, 0.717) is 12.6 Å². The Bertz CT molecular complexity index is 282. The van der Waals surface area contributed by atoms with Crippen molar-refractivity contribution in [3.8, 4) is 0 Å². The maximum Gasteiger partial charge on any atom is 0.243 e. The predicted molar refractivity (Wildman–Crippen MR) is 73.4 cm³/mol. The van der Waals surface area contributed by atoms with Gasteiger partial charge in [-0.3, -0.25) is 4.79 Å². The van der Waals surface area contributed by atoms with Gasteiger partial charge in [-0.25, -0.2) is 0 Å². The van der Waals surface area contributed by atoms with E-state index in [2.05, 4.69) is 10.6 Å². The SMILES string of the molecule is CC=CC=CC(=O)NCCCOC1CCNCC1. The molecule has 0 saturated carbocycles. The van der Waals surface area contributed by atoms with E-state index in [4.69, 9.17) is 4.74 Å². The Hall–Kier alpha value is -1.13. The molecule has 0 aromatic heterocycles. The van der Waals surface area contributed by atoms with Gasteiger partial charge in [0.2, 0.25) is 5.91 Å². The summed E-state index contributed by atoms with van der Waals surface area (Å²) in [5, 5.41) is 6.13. The molecule has 1 amide bonds. The van der Waals surface area contributed by atoms with Gasteiger partial charge in [0.15, 0.2) is 0 Å². The number of hydrogen-bond acceptors (Lipinski definition) is 3. The zero-order chi connectivity index (χ0) is 13.1. The van der Waals surface area contributed by atoms with Gasteiger partial charge >= 0.3 is 0 Å². The van der Waals surface area contributed by atoms with Gasteiger partial charge in [0.05, 0.1) is 6.10 Å². The summed E-state index contributed by atoms with van der Waals surface area (Å²) < 4.78 is 5.74. The molecule has 1 saturated heterocycles. The van der Waals surface area contributed by atoms with Gasteiger partial charge < -0.3 is 15.4 Å². The minimum Gasteiger partial charge on any atom is -0.378 e. The largest absolute Gasteiger partial charge is 0.378 e. The summed E-state index contributed by atoms with van der Waals surface area (Å²) >= 11 is 0. The van der Waals surface area contributed by atoms with Crippen LogP contribution in [0.15, 0.2) is 24.3 Å². The Labute approximate surface area is 109 Å². The van der Waals surface area contributed by atoms with Crippen LogP contribution in [0.25, 0.3) is 0 Å². The Morgan fingerprint density at radius 3 is 2.89 bits per heavy atom. The van der Waals surface area contributed by atoms with Crippen LogP contribution < -0.4 is 10.6 Å². The highest BCUT2D eigenvalue weighted by molar-refractivity contribution is 5.87. The third-order valence-corrected chi connectivity index (χ3v) is 2.81. The number of nitrogens with one attached hydrogen (secondary N) is 2. The summed E-state index contributed by atoms with van der Waals surface area (Å²) in [5.74, 6) is -0.0463. The first-order valence-electron chi connectivity index (χ1n) is 6.72. The Morgan fingerprint density at radius 1 is 1.39 bits per heavy atom. The van der Waals surface area contributed by atoms with Crippen LogP contribution >= 0.6 is 0 Å². The summed E-state index contributed by atoms with van der Waals surface area (Å²) in [7, 11) is 0. The molecule has 1 rings (SSSR count). The van der Waals surface area contributed by atoms with Crippen molar-refractivity contribution in [2.24, 2.45) is 0 Å². The molecular formula is C14H24N2O2. The first-order valence-corrected chi connectivity index (χ1v) is 6.72. The summed E-state index contributed by atoms with van der Waals surface area (Å²) in [6.45, 7) is 5.42. The fourth-order valence-corrected chi connectivity index (χ4v) is 1.81. The molecule has 102 valence electrons. The number of rotatable bonds is 7. The lowest BCUT2D eigenvalue weighted by Crippen LogP contribution is -2.33. The summed E-state index contributed by atoms with van der Waals surface area (Å²) in [6.07, 6.45) is 10.5. The van der Waals surface area contributed by atoms with Crippen LogP contribution in [0.3, 0.4) is 0 Å². The number of carbonyl (C=O) groups excluding carboxylic acids is 1. The smallest absolute Gasteiger partial charge is 0.243 e. The second-order valence-corrected chi connectivity index (χ2v) is 4.35. The molecule has 1 aliphatic heterocycles. The van der Waals surface area contributed by atoms with Gasteiger partial charge in [-0.2, -0.15) is 0 Å². The lowest BCUT2D eigenvalue weighted by molar-refractivity contribution is -0.116. The van der Waals surface area contributed by atoms with Crippen molar-refractivity contribution in [2.75, 3.05) is 26.2 Å². The molecule has 0 radical (unpaired) electrons. The second-order valence-electron chi connectivity index (χ2n) is 4.35. The minimum absolute atomic E-state index is 0.0463. The summed E-state index contributed by atoms with van der Waals surface area (Å²) in [4.78, 5) is 11.3. The van der Waals surface area contributed by atoms with E-state index < -0.39 is 0 Å². The van der Waals surface area contributed by atoms with Crippen molar-refractivity contribution in [1.82, 2.24) is 10.6 Å². The molecular weight excluding hydrogens is 228 g/mol. The monoisotopic (exact) mass is 252 g/mol. The van der Waals surface area contributed by atoms with E-state index in [9.17, 15) is 4.79 Å². The molecule has 4 nitrogen and oxygen atoms in total. The highest BCUT2D eigenvalue weighted by Gasteiger charge is 2.12. The van der Waals surface area contributed by atoms with E-state index in [1.165, 1.54) is 6.08 Å². The van der Waals surface area contributed by atoms with Crippen LogP contribution in [0.4, 0.5) is 0 Å². The third-order valence-electron chi connectivity index (χ3n) is 2.81. The maximum absolute atomic E-state index is 11.3. The molecule has 2 N–H and O–H groups in total. The average Bonchev–Trinajstić information content (AvgIpc) is 2.40. The molecule has 1 heterocycles. The zero-order valence-corrected chi connectivity index (χ0v) is 11.2. The molecule has 0 aliphatic carbocycles. The molecule has 0 unspecified atom stereocenters. The van der Waals surface area contributed by atoms with Crippen LogP contribution in [-0.2, 0) is 9.53 Å². The van der Waals surface area contributed by atoms with Gasteiger partial charge in [-0.1, -0.05) is 18.2 Å². The molecule has 0 bridgehead atoms. The van der Waals surface area contributed by atoms with Crippen molar-refractivity contribution < 1.29 is 9.53 Å². The van der Waals surface area contributed by atoms with E-state index in [0.717, 1.165) is 39.0 Å². The summed E-state index contributed by atoms with van der Waals surface area (Å²) in [5.41, 5.74) is 0. The number of piperidine rings is 1. The van der Waals surface area contributed by atoms with E-state index >= 15 is 0 Å². The first-order chi connectivity index (χ1) is 8.83.